The van der Waals surface area contributed by atoms with E-state index in [0.717, 1.165) is 109 Å². The largest absolute Gasteiger partial charge is 0.492 e. The van der Waals surface area contributed by atoms with Gasteiger partial charge in [0.2, 0.25) is 108 Å². The number of anilines is 12. The summed E-state index contributed by atoms with van der Waals surface area (Å²) in [6.07, 6.45) is 0. The van der Waals surface area contributed by atoms with Crippen LogP contribution in [0.1, 0.15) is 0 Å². The Balaban J connectivity index is 0.000000139. The topological polar surface area (TPSA) is 633 Å². The van der Waals surface area contributed by atoms with Crippen LogP contribution in [0.25, 0.3) is 41.6 Å². The summed E-state index contributed by atoms with van der Waals surface area (Å²) in [4.78, 5) is 36.9. The fourth-order valence-electron chi connectivity index (χ4n) is 11.0. The number of thiazole rings is 2. The van der Waals surface area contributed by atoms with Crippen LogP contribution in [0.15, 0.2) is 165 Å². The molecule has 0 saturated carbocycles. The summed E-state index contributed by atoms with van der Waals surface area (Å²) in [5, 5.41) is 62.0. The molecule has 618 valence electrons. The minimum absolute atomic E-state index is 0.00231. The quantitative estimate of drug-likeness (QED) is 0.0406. The van der Waals surface area contributed by atoms with Gasteiger partial charge in [0, 0.05) is 99.7 Å². The fourth-order valence-corrected chi connectivity index (χ4v) is 15.8. The number of nitrogens with zero attached hydrogens (tertiary/aromatic N) is 21. The highest BCUT2D eigenvalue weighted by atomic mass is 35.5. The Kier molecular flexibility index (Phi) is 26.1. The van der Waals surface area contributed by atoms with Gasteiger partial charge < -0.3 is 63.9 Å². The van der Waals surface area contributed by atoms with Gasteiger partial charge in [0.25, 0.3) is 0 Å². The van der Waals surface area contributed by atoms with Gasteiger partial charge in [-0.3, -0.25) is 9.80 Å². The average molecular weight is 1780 g/mol. The van der Waals surface area contributed by atoms with E-state index >= 15 is 0 Å². The van der Waals surface area contributed by atoms with Crippen molar-refractivity contribution in [2.45, 2.75) is 19.6 Å². The van der Waals surface area contributed by atoms with Gasteiger partial charge in [0.1, 0.15) is 24.7 Å². The van der Waals surface area contributed by atoms with E-state index in [4.69, 9.17) is 76.2 Å². The molecule has 0 atom stereocenters. The highest BCUT2D eigenvalue weighted by Gasteiger charge is 2.22. The van der Waals surface area contributed by atoms with Crippen molar-refractivity contribution in [2.24, 2.45) is 20.6 Å². The minimum Gasteiger partial charge on any atom is -0.492 e. The van der Waals surface area contributed by atoms with E-state index < -0.39 is 40.1 Å². The molecule has 0 aliphatic carbocycles. The normalized spacial score (nSPS) is 13.7. The number of nitrogens with one attached hydrogen (secondary N) is 5. The molecule has 6 aromatic carbocycles. The second kappa shape index (κ2) is 36.5. The van der Waals surface area contributed by atoms with Crippen LogP contribution in [0.5, 0.6) is 11.5 Å². The Hall–Kier alpha value is -11.6. The Labute approximate surface area is 693 Å². The standard InChI is InChI=1S/C22H27N9O3S2.C21H25N9O3S2.C12H11ClN8O2S.C10H9ClN8O2S2/c1-29-8-10-30(11-9-29)12-13-34-16-4-7-18-19(14-16)35-22(26-18)31-20(23)27-21(28-31)25-15-2-5-17(6-3-15)36(24,32)33;22-19-27-20(25-14-1-4-16(5-2-14)35(23,31)32)28-30(19)21-26-17-6-3-15(13-18(17)34-21)33-12-11-29-9-7-24-8-10-29;13-9-5-6-10(19-18-9)21-11(14)17-12(20-21)16-7-1-3-8(4-2-7)24(15,22)23;11-7-15-10(22-18-7)19-8(12)16-9(17-19)14-5-1-3-6(4-2-5)23(13,20)21/h2-7,14H,8-13H2,1H3,(H2,24,32,33)(H3,23,25,27,28);1-6,13,24H,7-12H2,(H2,23,31,32)(H3,22,25,27,28);1-6H,(H2,15,22,23)(H3,14,16,17,20);1-4H,(H2,13,20,21)(H3,12,14,16,17). The molecule has 16 rings (SSSR count). The lowest BCUT2D eigenvalue weighted by Gasteiger charge is -2.32. The zero-order chi connectivity index (χ0) is 83.6. The van der Waals surface area contributed by atoms with Crippen LogP contribution in [0.2, 0.25) is 10.4 Å². The number of sulfonamides is 4. The molecule has 2 fully saturated rings. The van der Waals surface area contributed by atoms with Gasteiger partial charge >= 0.3 is 0 Å². The lowest BCUT2D eigenvalue weighted by Crippen LogP contribution is -2.45. The van der Waals surface area contributed by atoms with Crippen LogP contribution < -0.4 is 79.5 Å². The zero-order valence-electron chi connectivity index (χ0n) is 61.5. The monoisotopic (exact) mass is 1780 g/mol. The molecule has 0 spiro atoms. The number of aromatic nitrogens is 18. The number of fused-ring (bicyclic) bond motifs is 2. The summed E-state index contributed by atoms with van der Waals surface area (Å²) < 4.78 is 114. The van der Waals surface area contributed by atoms with Gasteiger partial charge in [-0.25, -0.2) is 64.2 Å². The molecule has 118 heavy (non-hydrogen) atoms. The van der Waals surface area contributed by atoms with E-state index in [2.05, 4.69) is 118 Å². The Morgan fingerprint density at radius 1 is 0.424 bits per heavy atom. The highest BCUT2D eigenvalue weighted by molar-refractivity contribution is 7.90. The number of likely N-dealkylation sites (N-methyl/N-ethyl adjacent to an activating group) is 1. The smallest absolute Gasteiger partial charge is 0.248 e. The molecule has 21 N–H and O–H groups in total. The highest BCUT2D eigenvalue weighted by Crippen LogP contribution is 2.33. The van der Waals surface area contributed by atoms with Crippen molar-refractivity contribution in [1.82, 2.24) is 109 Å². The van der Waals surface area contributed by atoms with Crippen molar-refractivity contribution in [3.05, 3.63) is 156 Å². The number of nitrogens with two attached hydrogens (primary N) is 8. The van der Waals surface area contributed by atoms with Gasteiger partial charge in [-0.1, -0.05) is 34.3 Å². The summed E-state index contributed by atoms with van der Waals surface area (Å²) in [7, 11) is -12.9. The van der Waals surface area contributed by atoms with Gasteiger partial charge in [0.05, 0.1) is 40.0 Å². The molecule has 2 aliphatic rings. The third kappa shape index (κ3) is 22.3. The number of halogens is 2. The van der Waals surface area contributed by atoms with Gasteiger partial charge in [-0.15, -0.1) is 30.6 Å². The number of hydrogen-bond acceptors (Lipinski definition) is 39. The number of piperazine rings is 2. The molecular formula is C65H72Cl2N34O10S7. The maximum absolute atomic E-state index is 11.4. The maximum Gasteiger partial charge on any atom is 0.248 e. The van der Waals surface area contributed by atoms with E-state index in [-0.39, 0.29) is 77.6 Å². The molecule has 44 nitrogen and oxygen atoms in total. The fraction of sp³-hybridized carbons (Fsp3) is 0.200. The van der Waals surface area contributed by atoms with Crippen molar-refractivity contribution in [3.63, 3.8) is 0 Å². The lowest BCUT2D eigenvalue weighted by molar-refractivity contribution is 0.134. The molecular weight excluding hydrogens is 1710 g/mol. The first kappa shape index (κ1) is 84.3. The Morgan fingerprint density at radius 3 is 1.13 bits per heavy atom. The third-order valence-corrected chi connectivity index (χ3v) is 23.8. The van der Waals surface area contributed by atoms with E-state index in [0.29, 0.717) is 57.2 Å². The second-order valence-electron chi connectivity index (χ2n) is 25.3. The molecule has 10 heterocycles. The predicted octanol–water partition coefficient (Wildman–Crippen LogP) is 4.04. The maximum atomic E-state index is 11.4. The molecule has 2 saturated heterocycles. The summed E-state index contributed by atoms with van der Waals surface area (Å²) in [6, 6.07) is 38.2. The van der Waals surface area contributed by atoms with Gasteiger partial charge in [0.15, 0.2) is 11.0 Å². The van der Waals surface area contributed by atoms with Crippen molar-refractivity contribution in [3.8, 4) is 32.7 Å². The van der Waals surface area contributed by atoms with Crippen molar-refractivity contribution in [1.29, 1.82) is 0 Å². The molecule has 14 aromatic rings. The Bertz CT molecular complexity index is 6330. The molecule has 8 aromatic heterocycles. The number of ether oxygens (including phenoxy) is 2. The first-order valence-corrected chi connectivity index (χ1v) is 44.0. The van der Waals surface area contributed by atoms with E-state index in [1.165, 1.54) is 114 Å². The molecule has 0 unspecified atom stereocenters. The molecule has 0 radical (unpaired) electrons. The number of nitrogen functional groups attached to an aromatic ring is 4. The van der Waals surface area contributed by atoms with Crippen LogP contribution in [0.3, 0.4) is 0 Å². The summed E-state index contributed by atoms with van der Waals surface area (Å²) in [5.41, 5.74) is 27.6. The van der Waals surface area contributed by atoms with E-state index in [1.807, 2.05) is 36.4 Å². The predicted molar refractivity (Wildman–Crippen MR) is 447 cm³/mol. The van der Waals surface area contributed by atoms with Gasteiger partial charge in [-0.2, -0.15) is 48.0 Å². The average Bonchev–Trinajstić information content (AvgIpc) is 1.63. The Morgan fingerprint density at radius 2 is 0.780 bits per heavy atom. The van der Waals surface area contributed by atoms with Crippen LogP contribution in [-0.4, -0.2) is 223 Å². The zero-order valence-corrected chi connectivity index (χ0v) is 68.8. The van der Waals surface area contributed by atoms with Gasteiger partial charge in [-0.05, 0) is 164 Å². The first-order valence-electron chi connectivity index (χ1n) is 34.7. The number of benzene rings is 6. The number of primary sulfonamides is 4. The van der Waals surface area contributed by atoms with Crippen LogP contribution in [0, 0.1) is 0 Å². The van der Waals surface area contributed by atoms with Crippen molar-refractivity contribution < 1.29 is 43.1 Å². The summed E-state index contributed by atoms with van der Waals surface area (Å²) in [6.45, 7) is 11.5. The third-order valence-electron chi connectivity index (χ3n) is 16.9. The van der Waals surface area contributed by atoms with Crippen LogP contribution in [0.4, 0.5) is 70.3 Å². The van der Waals surface area contributed by atoms with E-state index in [9.17, 15) is 33.7 Å². The minimum atomic E-state index is -3.76. The van der Waals surface area contributed by atoms with Crippen molar-refractivity contribution in [2.75, 3.05) is 130 Å². The van der Waals surface area contributed by atoms with Crippen LogP contribution in [-0.2, 0) is 40.1 Å². The molecule has 53 heteroatoms. The lowest BCUT2D eigenvalue weighted by atomic mass is 10.3. The first-order chi connectivity index (χ1) is 56.2. The summed E-state index contributed by atoms with van der Waals surface area (Å²) in [5.74, 6) is 3.37. The number of rotatable bonds is 24. The molecule has 2 aliphatic heterocycles. The van der Waals surface area contributed by atoms with Crippen molar-refractivity contribution >= 4 is 188 Å². The van der Waals surface area contributed by atoms with Crippen LogP contribution >= 0.6 is 57.4 Å². The second-order valence-corrected chi connectivity index (χ2v) is 35.1. The molecule has 0 bridgehead atoms. The molecule has 0 amide bonds. The SMILES string of the molecule is CN1CCN(CCOc2ccc3nc(-n4nc(Nc5ccc(S(N)(=O)=O)cc5)nc4N)sc3c2)CC1.Nc1nc(Nc2ccc(S(N)(=O)=O)cc2)nn1-c1ccc(Cl)nn1.Nc1nc(Nc2ccc(S(N)(=O)=O)cc2)nn1-c1nc(Cl)ns1.Nc1nc(Nc2ccc(S(N)(=O)=O)cc2)nn1-c1nc2ccc(OCCN3CCNCC3)cc2s1. The van der Waals surface area contributed by atoms with E-state index in [1.54, 1.807) is 36.4 Å². The number of hydrogen-bond donors (Lipinski definition) is 13. The summed E-state index contributed by atoms with van der Waals surface area (Å²) >= 11 is 15.2.